The fraction of sp³-hybridized carbons (Fsp3) is 0.476. The first-order valence-corrected chi connectivity index (χ1v) is 11.0. The summed E-state index contributed by atoms with van der Waals surface area (Å²) in [5.41, 5.74) is 3.01. The highest BCUT2D eigenvalue weighted by Crippen LogP contribution is 2.28. The van der Waals surface area contributed by atoms with Crippen molar-refractivity contribution in [3.63, 3.8) is 0 Å². The van der Waals surface area contributed by atoms with E-state index in [9.17, 15) is 0 Å². The van der Waals surface area contributed by atoms with E-state index in [1.807, 2.05) is 24.4 Å². The summed E-state index contributed by atoms with van der Waals surface area (Å²) in [6, 6.07) is 8.60. The zero-order valence-electron chi connectivity index (χ0n) is 17.0. The number of nitrogens with zero attached hydrogens (tertiary/aromatic N) is 4. The van der Waals surface area contributed by atoms with Crippen LogP contribution in [0, 0.1) is 0 Å². The highest BCUT2D eigenvalue weighted by molar-refractivity contribution is 9.10. The maximum atomic E-state index is 6.14. The number of benzene rings is 1. The minimum absolute atomic E-state index is 0.0274. The molecule has 2 atom stereocenters. The lowest BCUT2D eigenvalue weighted by Gasteiger charge is -2.23. The van der Waals surface area contributed by atoms with Crippen LogP contribution in [0.15, 0.2) is 34.9 Å². The third-order valence-electron chi connectivity index (χ3n) is 5.24. The zero-order valence-corrected chi connectivity index (χ0v) is 18.6. The smallest absolute Gasteiger partial charge is 0.322 e. The number of anilines is 1. The van der Waals surface area contributed by atoms with Gasteiger partial charge in [0.25, 0.3) is 0 Å². The first kappa shape index (κ1) is 20.1. The van der Waals surface area contributed by atoms with Crippen molar-refractivity contribution in [3.05, 3.63) is 46.1 Å². The van der Waals surface area contributed by atoms with Gasteiger partial charge in [-0.1, -0.05) is 48.0 Å². The Labute approximate surface area is 179 Å². The van der Waals surface area contributed by atoms with E-state index in [-0.39, 0.29) is 12.1 Å². The van der Waals surface area contributed by atoms with Crippen LogP contribution in [0.4, 0.5) is 5.95 Å². The van der Waals surface area contributed by atoms with Gasteiger partial charge in [-0.25, -0.2) is 0 Å². The fourth-order valence-corrected chi connectivity index (χ4v) is 4.22. The molecule has 0 aliphatic carbocycles. The lowest BCUT2D eigenvalue weighted by Crippen LogP contribution is -2.37. The van der Waals surface area contributed by atoms with Gasteiger partial charge >= 0.3 is 6.01 Å². The Balaban J connectivity index is 1.70. The fourth-order valence-electron chi connectivity index (χ4n) is 3.60. The number of hydrogen-bond donors (Lipinski definition) is 2. The highest BCUT2D eigenvalue weighted by Gasteiger charge is 2.21. The van der Waals surface area contributed by atoms with Crippen LogP contribution in [0.2, 0.25) is 0 Å². The van der Waals surface area contributed by atoms with Gasteiger partial charge in [0.2, 0.25) is 5.95 Å². The second kappa shape index (κ2) is 8.67. The molecule has 8 heteroatoms. The van der Waals surface area contributed by atoms with Crippen molar-refractivity contribution in [1.29, 1.82) is 0 Å². The molecule has 1 saturated heterocycles. The van der Waals surface area contributed by atoms with E-state index in [0.29, 0.717) is 17.9 Å². The number of nitrogens with one attached hydrogen (secondary N) is 2. The van der Waals surface area contributed by atoms with E-state index in [0.717, 1.165) is 47.2 Å². The van der Waals surface area contributed by atoms with Gasteiger partial charge in [-0.2, -0.15) is 19.6 Å². The molecule has 1 aromatic carbocycles. The number of fused-ring (bicyclic) bond motifs is 1. The molecule has 154 valence electrons. The number of aromatic nitrogens is 4. The van der Waals surface area contributed by atoms with E-state index in [1.165, 1.54) is 0 Å². The van der Waals surface area contributed by atoms with E-state index in [1.54, 1.807) is 4.52 Å². The summed E-state index contributed by atoms with van der Waals surface area (Å²) < 4.78 is 8.97. The minimum Gasteiger partial charge on any atom is -0.459 e. The van der Waals surface area contributed by atoms with Gasteiger partial charge in [-0.05, 0) is 43.9 Å². The number of hydrogen-bond acceptors (Lipinski definition) is 6. The zero-order chi connectivity index (χ0) is 20.4. The van der Waals surface area contributed by atoms with Crippen LogP contribution in [-0.2, 0) is 0 Å². The average molecular weight is 459 g/mol. The monoisotopic (exact) mass is 458 g/mol. The lowest BCUT2D eigenvalue weighted by molar-refractivity contribution is 0.153. The van der Waals surface area contributed by atoms with Gasteiger partial charge in [0.15, 0.2) is 5.65 Å². The summed E-state index contributed by atoms with van der Waals surface area (Å²) in [7, 11) is 0. The van der Waals surface area contributed by atoms with Gasteiger partial charge in [0.05, 0.1) is 12.2 Å². The Morgan fingerprint density at radius 1 is 1.21 bits per heavy atom. The molecule has 29 heavy (non-hydrogen) atoms. The van der Waals surface area contributed by atoms with Crippen molar-refractivity contribution in [3.8, 4) is 6.01 Å². The molecule has 1 fully saturated rings. The molecule has 2 N–H and O–H groups in total. The van der Waals surface area contributed by atoms with Crippen LogP contribution in [-0.4, -0.2) is 38.8 Å². The van der Waals surface area contributed by atoms with Gasteiger partial charge in [0, 0.05) is 16.6 Å². The molecule has 1 aliphatic rings. The van der Waals surface area contributed by atoms with Gasteiger partial charge in [-0.3, -0.25) is 0 Å². The van der Waals surface area contributed by atoms with E-state index in [4.69, 9.17) is 9.72 Å². The van der Waals surface area contributed by atoms with E-state index >= 15 is 0 Å². The molecule has 0 bridgehead atoms. The molecule has 4 rings (SSSR count). The highest BCUT2D eigenvalue weighted by atomic mass is 79.9. The quantitative estimate of drug-likeness (QED) is 0.572. The number of rotatable bonds is 6. The van der Waals surface area contributed by atoms with Crippen LogP contribution >= 0.6 is 15.9 Å². The third kappa shape index (κ3) is 4.38. The third-order valence-corrected chi connectivity index (χ3v) is 5.96. The molecule has 3 aromatic rings. The standard InChI is InChI=1S/C21H27BrN6O/c1-13(2)17-12-24-28-19(17)26-21(29-15-7-6-10-23-11-15)27-20(28)25-14(3)16-8-4-5-9-18(16)22/h4-5,8-9,12-15,23H,6-7,10-11H2,1-3H3,(H,25,26,27)/t14-,15?/m0/s1. The molecule has 7 nitrogen and oxygen atoms in total. The van der Waals surface area contributed by atoms with E-state index in [2.05, 4.69) is 63.5 Å². The van der Waals surface area contributed by atoms with Gasteiger partial charge in [0.1, 0.15) is 6.10 Å². The average Bonchev–Trinajstić information content (AvgIpc) is 3.13. The molecule has 0 radical (unpaired) electrons. The first-order valence-electron chi connectivity index (χ1n) is 10.2. The Hall–Kier alpha value is -2.19. The second-order valence-electron chi connectivity index (χ2n) is 7.79. The van der Waals surface area contributed by atoms with Crippen LogP contribution in [0.5, 0.6) is 6.01 Å². The largest absolute Gasteiger partial charge is 0.459 e. The second-order valence-corrected chi connectivity index (χ2v) is 8.65. The number of piperidine rings is 1. The van der Waals surface area contributed by atoms with Crippen molar-refractivity contribution in [2.24, 2.45) is 0 Å². The number of halogens is 1. The first-order chi connectivity index (χ1) is 14.0. The molecule has 0 amide bonds. The summed E-state index contributed by atoms with van der Waals surface area (Å²) in [5.74, 6) is 0.934. The summed E-state index contributed by atoms with van der Waals surface area (Å²) in [6.45, 7) is 8.24. The normalized spacial score (nSPS) is 18.2. The Kier molecular flexibility index (Phi) is 6.01. The van der Waals surface area contributed by atoms with Crippen molar-refractivity contribution < 1.29 is 4.74 Å². The Bertz CT molecular complexity index is 982. The molecular weight excluding hydrogens is 432 g/mol. The van der Waals surface area contributed by atoms with Crippen LogP contribution < -0.4 is 15.4 Å². The molecular formula is C21H27BrN6O. The van der Waals surface area contributed by atoms with Crippen molar-refractivity contribution in [2.45, 2.75) is 51.7 Å². The van der Waals surface area contributed by atoms with E-state index < -0.39 is 0 Å². The van der Waals surface area contributed by atoms with Crippen molar-refractivity contribution in [2.75, 3.05) is 18.4 Å². The predicted octanol–water partition coefficient (Wildman–Crippen LogP) is 4.31. The summed E-state index contributed by atoms with van der Waals surface area (Å²) >= 11 is 3.64. The summed E-state index contributed by atoms with van der Waals surface area (Å²) in [5, 5.41) is 11.4. The topological polar surface area (TPSA) is 76.4 Å². The van der Waals surface area contributed by atoms with Crippen molar-refractivity contribution >= 4 is 27.5 Å². The molecule has 1 unspecified atom stereocenters. The van der Waals surface area contributed by atoms with Crippen molar-refractivity contribution in [1.82, 2.24) is 24.9 Å². The lowest BCUT2D eigenvalue weighted by atomic mass is 10.1. The maximum absolute atomic E-state index is 6.14. The minimum atomic E-state index is 0.0274. The maximum Gasteiger partial charge on any atom is 0.322 e. The summed E-state index contributed by atoms with van der Waals surface area (Å²) in [4.78, 5) is 9.37. The molecule has 3 heterocycles. The van der Waals surface area contributed by atoms with Crippen LogP contribution in [0.1, 0.15) is 56.7 Å². The Morgan fingerprint density at radius 2 is 2.03 bits per heavy atom. The number of ether oxygens (including phenoxy) is 1. The molecule has 0 spiro atoms. The summed E-state index contributed by atoms with van der Waals surface area (Å²) in [6.07, 6.45) is 4.06. The predicted molar refractivity (Wildman–Crippen MR) is 118 cm³/mol. The van der Waals surface area contributed by atoms with Gasteiger partial charge < -0.3 is 15.4 Å². The van der Waals surface area contributed by atoms with Crippen LogP contribution in [0.25, 0.3) is 5.65 Å². The Morgan fingerprint density at radius 3 is 2.76 bits per heavy atom. The van der Waals surface area contributed by atoms with Gasteiger partial charge in [-0.15, -0.1) is 0 Å². The van der Waals surface area contributed by atoms with Crippen LogP contribution in [0.3, 0.4) is 0 Å². The SMILES string of the molecule is CC(C)c1cnn2c(N[C@@H](C)c3ccccc3Br)nc(OC3CCCNC3)nc12. The molecule has 1 aliphatic heterocycles. The molecule has 2 aromatic heterocycles. The molecule has 0 saturated carbocycles.